The van der Waals surface area contributed by atoms with Gasteiger partial charge in [0.05, 0.1) is 29.2 Å². The number of nitrogens with zero attached hydrogens (tertiary/aromatic N) is 7. The van der Waals surface area contributed by atoms with E-state index < -0.39 is 10.0 Å². The van der Waals surface area contributed by atoms with Crippen LogP contribution in [-0.2, 0) is 10.0 Å². The molecule has 2 aromatic heterocycles. The lowest BCUT2D eigenvalue weighted by Crippen LogP contribution is -2.45. The van der Waals surface area contributed by atoms with Crippen LogP contribution in [0.25, 0.3) is 5.65 Å². The van der Waals surface area contributed by atoms with Crippen LogP contribution in [0.4, 0.5) is 17.3 Å². The Morgan fingerprint density at radius 2 is 1.88 bits per heavy atom. The van der Waals surface area contributed by atoms with Crippen molar-refractivity contribution in [1.82, 2.24) is 24.4 Å². The van der Waals surface area contributed by atoms with Crippen molar-refractivity contribution in [3.8, 4) is 0 Å². The number of likely N-dealkylation sites (N-methyl/N-ethyl adjacent to an activating group) is 2. The first-order valence-electron chi connectivity index (χ1n) is 14.0. The van der Waals surface area contributed by atoms with Crippen LogP contribution in [0.3, 0.4) is 0 Å². The molecule has 222 valence electrons. The van der Waals surface area contributed by atoms with Gasteiger partial charge < -0.3 is 19.6 Å². The summed E-state index contributed by atoms with van der Waals surface area (Å²) in [6.07, 6.45) is 3.60. The van der Waals surface area contributed by atoms with Crippen molar-refractivity contribution in [2.75, 3.05) is 74.6 Å². The lowest BCUT2D eigenvalue weighted by Gasteiger charge is -2.38. The van der Waals surface area contributed by atoms with Crippen molar-refractivity contribution < 1.29 is 13.2 Å². The van der Waals surface area contributed by atoms with Crippen LogP contribution in [0.15, 0.2) is 30.3 Å². The Morgan fingerprint density at radius 1 is 1.12 bits per heavy atom. The van der Waals surface area contributed by atoms with Gasteiger partial charge in [0.25, 0.3) is 5.91 Å². The SMILES string of the molecule is CC1CN(c2cc(N(C)CCN(C)C)n3nc([C@@H]4CCCCN4C(=O)c4cc(Cl)ccc4NS(C)(=O)=O)cc3n2)C1. The smallest absolute Gasteiger partial charge is 0.256 e. The lowest BCUT2D eigenvalue weighted by molar-refractivity contribution is 0.0607. The van der Waals surface area contributed by atoms with Gasteiger partial charge in [-0.1, -0.05) is 18.5 Å². The fourth-order valence-corrected chi connectivity index (χ4v) is 6.28. The summed E-state index contributed by atoms with van der Waals surface area (Å²) in [5, 5.41) is 5.38. The number of fused-ring (bicyclic) bond motifs is 1. The first-order chi connectivity index (χ1) is 19.4. The van der Waals surface area contributed by atoms with E-state index in [0.29, 0.717) is 17.5 Å². The van der Waals surface area contributed by atoms with Crippen molar-refractivity contribution in [3.63, 3.8) is 0 Å². The molecule has 11 nitrogen and oxygen atoms in total. The summed E-state index contributed by atoms with van der Waals surface area (Å²) >= 11 is 6.25. The molecular formula is C28H39ClN8O3S. The fraction of sp³-hybridized carbons (Fsp3) is 0.536. The summed E-state index contributed by atoms with van der Waals surface area (Å²) in [5.41, 5.74) is 1.93. The van der Waals surface area contributed by atoms with E-state index in [2.05, 4.69) is 53.6 Å². The number of benzene rings is 1. The van der Waals surface area contributed by atoms with Crippen molar-refractivity contribution in [1.29, 1.82) is 0 Å². The number of anilines is 3. The Morgan fingerprint density at radius 3 is 2.56 bits per heavy atom. The number of nitrogens with one attached hydrogen (secondary N) is 1. The molecule has 0 aliphatic carbocycles. The van der Waals surface area contributed by atoms with Crippen LogP contribution in [0.5, 0.6) is 0 Å². The zero-order valence-corrected chi connectivity index (χ0v) is 25.9. The number of aromatic nitrogens is 3. The van der Waals surface area contributed by atoms with Crippen LogP contribution < -0.4 is 14.5 Å². The quantitative estimate of drug-likeness (QED) is 0.396. The fourth-order valence-electron chi connectivity index (χ4n) is 5.53. The van der Waals surface area contributed by atoms with Gasteiger partial charge in [0.2, 0.25) is 10.0 Å². The molecule has 3 aromatic rings. The molecule has 0 radical (unpaired) electrons. The van der Waals surface area contributed by atoms with E-state index in [1.807, 2.05) is 10.6 Å². The second kappa shape index (κ2) is 11.7. The van der Waals surface area contributed by atoms with Crippen molar-refractivity contribution in [2.24, 2.45) is 5.92 Å². The van der Waals surface area contributed by atoms with E-state index in [1.165, 1.54) is 12.1 Å². The van der Waals surface area contributed by atoms with Gasteiger partial charge in [-0.15, -0.1) is 0 Å². The second-order valence-electron chi connectivity index (χ2n) is 11.6. The average Bonchev–Trinajstić information content (AvgIpc) is 3.33. The first kappa shape index (κ1) is 29.4. The largest absolute Gasteiger partial charge is 0.358 e. The Labute approximate surface area is 247 Å². The van der Waals surface area contributed by atoms with E-state index in [-0.39, 0.29) is 23.2 Å². The summed E-state index contributed by atoms with van der Waals surface area (Å²) < 4.78 is 28.4. The van der Waals surface area contributed by atoms with Gasteiger partial charge in [-0.25, -0.2) is 13.4 Å². The number of carbonyl (C=O) groups is 1. The molecule has 1 aromatic carbocycles. The standard InChI is InChI=1S/C28H39ClN8O3S/c1-19-17-35(18-19)25-16-27(34(4)13-12-33(2)3)37-26(30-25)15-23(31-37)24-8-6-7-11-36(24)28(38)21-14-20(29)9-10-22(21)32-41(5,39)40/h9-10,14-16,19,24,32H,6-8,11-13,17-18H2,1-5H3/t24-/m0/s1. The number of amides is 1. The molecule has 5 rings (SSSR count). The Kier molecular flexibility index (Phi) is 8.36. The highest BCUT2D eigenvalue weighted by atomic mass is 35.5. The predicted molar refractivity (Wildman–Crippen MR) is 164 cm³/mol. The van der Waals surface area contributed by atoms with Gasteiger partial charge >= 0.3 is 0 Å². The molecule has 0 spiro atoms. The minimum absolute atomic E-state index is 0.209. The molecule has 1 atom stereocenters. The number of halogens is 1. The maximum Gasteiger partial charge on any atom is 0.256 e. The zero-order chi connectivity index (χ0) is 29.5. The predicted octanol–water partition coefficient (Wildman–Crippen LogP) is 3.58. The molecule has 2 aliphatic heterocycles. The highest BCUT2D eigenvalue weighted by Gasteiger charge is 2.33. The lowest BCUT2D eigenvalue weighted by atomic mass is 9.98. The number of hydrogen-bond acceptors (Lipinski definition) is 8. The number of sulfonamides is 1. The highest BCUT2D eigenvalue weighted by Crippen LogP contribution is 2.35. The third-order valence-corrected chi connectivity index (χ3v) is 8.51. The van der Waals surface area contributed by atoms with E-state index in [9.17, 15) is 13.2 Å². The second-order valence-corrected chi connectivity index (χ2v) is 13.8. The van der Waals surface area contributed by atoms with Crippen molar-refractivity contribution in [2.45, 2.75) is 32.2 Å². The van der Waals surface area contributed by atoms with E-state index >= 15 is 0 Å². The van der Waals surface area contributed by atoms with E-state index in [0.717, 1.165) is 74.7 Å². The summed E-state index contributed by atoms with van der Waals surface area (Å²) in [6.45, 7) is 6.41. The Balaban J connectivity index is 1.53. The van der Waals surface area contributed by atoms with Gasteiger partial charge in [0, 0.05) is 56.9 Å². The summed E-state index contributed by atoms with van der Waals surface area (Å²) in [5.74, 6) is 2.23. The van der Waals surface area contributed by atoms with Crippen molar-refractivity contribution >= 4 is 50.5 Å². The monoisotopic (exact) mass is 602 g/mol. The maximum absolute atomic E-state index is 14.0. The van der Waals surface area contributed by atoms with Crippen molar-refractivity contribution in [3.05, 3.63) is 46.6 Å². The summed E-state index contributed by atoms with van der Waals surface area (Å²) in [7, 11) is 2.58. The molecule has 1 N–H and O–H groups in total. The molecule has 1 amide bonds. The van der Waals surface area contributed by atoms with Crippen LogP contribution in [0.1, 0.15) is 48.3 Å². The summed E-state index contributed by atoms with van der Waals surface area (Å²) in [4.78, 5) is 27.4. The third-order valence-electron chi connectivity index (χ3n) is 7.69. The molecular weight excluding hydrogens is 564 g/mol. The molecule has 2 aliphatic rings. The number of likely N-dealkylation sites (tertiary alicyclic amines) is 1. The normalized spacial score (nSPS) is 18.2. The molecule has 4 heterocycles. The molecule has 0 saturated carbocycles. The minimum Gasteiger partial charge on any atom is -0.358 e. The Hall–Kier alpha value is -3.09. The topological polar surface area (TPSA) is 106 Å². The van der Waals surface area contributed by atoms with Gasteiger partial charge in [0.15, 0.2) is 5.65 Å². The molecule has 2 fully saturated rings. The van der Waals surface area contributed by atoms with Gasteiger partial charge in [-0.3, -0.25) is 9.52 Å². The Bertz CT molecular complexity index is 1540. The van der Waals surface area contributed by atoms with Crippen LogP contribution in [0.2, 0.25) is 5.02 Å². The van der Waals surface area contributed by atoms with Gasteiger partial charge in [-0.2, -0.15) is 9.61 Å². The molecule has 0 unspecified atom stereocenters. The maximum atomic E-state index is 14.0. The molecule has 41 heavy (non-hydrogen) atoms. The van der Waals surface area contributed by atoms with E-state index in [4.69, 9.17) is 21.7 Å². The van der Waals surface area contributed by atoms with Crippen LogP contribution in [-0.4, -0.2) is 98.8 Å². The number of piperidine rings is 1. The number of rotatable bonds is 9. The number of hydrogen-bond donors (Lipinski definition) is 1. The average molecular weight is 603 g/mol. The highest BCUT2D eigenvalue weighted by molar-refractivity contribution is 7.92. The van der Waals surface area contributed by atoms with Gasteiger partial charge in [-0.05, 0) is 57.5 Å². The van der Waals surface area contributed by atoms with Crippen LogP contribution in [0, 0.1) is 5.92 Å². The molecule has 0 bridgehead atoms. The minimum atomic E-state index is -3.59. The van der Waals surface area contributed by atoms with Crippen LogP contribution >= 0.6 is 11.6 Å². The molecule has 13 heteroatoms. The zero-order valence-electron chi connectivity index (χ0n) is 24.3. The van der Waals surface area contributed by atoms with Gasteiger partial charge in [0.1, 0.15) is 11.6 Å². The summed E-state index contributed by atoms with van der Waals surface area (Å²) in [6, 6.07) is 8.42. The first-order valence-corrected chi connectivity index (χ1v) is 16.3. The van der Waals surface area contributed by atoms with E-state index in [1.54, 1.807) is 11.0 Å². The third kappa shape index (κ3) is 6.54. The number of carbonyl (C=O) groups excluding carboxylic acids is 1. The molecule has 2 saturated heterocycles.